The number of rotatable bonds is 3. The summed E-state index contributed by atoms with van der Waals surface area (Å²) in [7, 11) is -3.46. The van der Waals surface area contributed by atoms with Crippen molar-refractivity contribution in [2.24, 2.45) is 0 Å². The molecule has 1 rings (SSSR count). The summed E-state index contributed by atoms with van der Waals surface area (Å²) in [5, 5.41) is -0.482. The van der Waals surface area contributed by atoms with E-state index in [2.05, 4.69) is 25.6 Å². The minimum Gasteiger partial charge on any atom is -0.266 e. The molecule has 0 aliphatic heterocycles. The third-order valence-corrected chi connectivity index (χ3v) is 3.95. The Morgan fingerprint density at radius 1 is 1.64 bits per heavy atom. The molecule has 0 saturated heterocycles. The quantitative estimate of drug-likeness (QED) is 0.870. The fourth-order valence-electron chi connectivity index (χ4n) is 0.782. The summed E-state index contributed by atoms with van der Waals surface area (Å²) < 4.78 is 25.2. The van der Waals surface area contributed by atoms with Crippen LogP contribution in [0.4, 0.5) is 5.82 Å². The maximum absolute atomic E-state index is 11.1. The monoisotopic (exact) mass is 298 g/mol. The highest BCUT2D eigenvalue weighted by Gasteiger charge is 2.09. The van der Waals surface area contributed by atoms with Gasteiger partial charge in [0, 0.05) is 10.7 Å². The van der Waals surface area contributed by atoms with Crippen molar-refractivity contribution in [2.75, 3.05) is 9.93 Å². The zero-order chi connectivity index (χ0) is 10.8. The number of pyridine rings is 1. The van der Waals surface area contributed by atoms with Crippen LogP contribution >= 0.6 is 27.5 Å². The van der Waals surface area contributed by atoms with Crippen molar-refractivity contribution >= 4 is 43.4 Å². The van der Waals surface area contributed by atoms with Gasteiger partial charge in [0.1, 0.15) is 11.0 Å². The molecule has 1 aromatic heterocycles. The van der Waals surface area contributed by atoms with Gasteiger partial charge in [0.25, 0.3) is 0 Å². The Morgan fingerprint density at radius 2 is 2.29 bits per heavy atom. The van der Waals surface area contributed by atoms with Crippen LogP contribution in [-0.2, 0) is 10.0 Å². The van der Waals surface area contributed by atoms with E-state index in [-0.39, 0.29) is 5.82 Å². The summed E-state index contributed by atoms with van der Waals surface area (Å²) in [6.07, 6.45) is 1.53. The summed E-state index contributed by atoms with van der Waals surface area (Å²) in [4.78, 5) is 3.88. The van der Waals surface area contributed by atoms with Crippen molar-refractivity contribution in [3.8, 4) is 0 Å². The van der Waals surface area contributed by atoms with Gasteiger partial charge in [0.05, 0.1) is 0 Å². The molecule has 0 saturated carbocycles. The van der Waals surface area contributed by atoms with Gasteiger partial charge in [-0.1, -0.05) is 0 Å². The van der Waals surface area contributed by atoms with E-state index in [0.29, 0.717) is 0 Å². The lowest BCUT2D eigenvalue weighted by molar-refractivity contribution is 0.605. The lowest BCUT2D eigenvalue weighted by Gasteiger charge is -2.05. The van der Waals surface area contributed by atoms with Crippen LogP contribution in [0, 0.1) is 6.92 Å². The van der Waals surface area contributed by atoms with Crippen LogP contribution in [0.15, 0.2) is 16.7 Å². The Hall–Kier alpha value is -0.330. The Balaban J connectivity index is 2.94. The molecule has 7 heteroatoms. The Kier molecular flexibility index (Phi) is 3.74. The number of anilines is 1. The van der Waals surface area contributed by atoms with Crippen molar-refractivity contribution in [1.82, 2.24) is 4.98 Å². The topological polar surface area (TPSA) is 59.1 Å². The van der Waals surface area contributed by atoms with Crippen molar-refractivity contribution < 1.29 is 8.42 Å². The summed E-state index contributed by atoms with van der Waals surface area (Å²) in [5.41, 5.74) is 0.896. The van der Waals surface area contributed by atoms with Crippen molar-refractivity contribution in [2.45, 2.75) is 6.92 Å². The molecule has 0 amide bonds. The first kappa shape index (κ1) is 11.7. The second kappa shape index (κ2) is 4.46. The van der Waals surface area contributed by atoms with E-state index >= 15 is 0 Å². The molecule has 4 nitrogen and oxygen atoms in total. The van der Waals surface area contributed by atoms with Gasteiger partial charge in [-0.2, -0.15) is 0 Å². The van der Waals surface area contributed by atoms with E-state index in [4.69, 9.17) is 11.6 Å². The van der Waals surface area contributed by atoms with Gasteiger partial charge in [-0.3, -0.25) is 4.72 Å². The second-order valence-electron chi connectivity index (χ2n) is 2.64. The zero-order valence-electron chi connectivity index (χ0n) is 7.29. The number of nitrogens with one attached hydrogen (secondary N) is 1. The molecular weight excluding hydrogens is 292 g/mol. The van der Waals surface area contributed by atoms with Crippen LogP contribution < -0.4 is 4.72 Å². The highest BCUT2D eigenvalue weighted by molar-refractivity contribution is 9.10. The first-order valence-electron chi connectivity index (χ1n) is 3.63. The lowest BCUT2D eigenvalue weighted by Crippen LogP contribution is -2.14. The molecule has 0 bridgehead atoms. The first-order chi connectivity index (χ1) is 6.44. The standard InChI is InChI=1S/C7H8BrClN2O2S/c1-5-2-7(10-3-6(5)8)11-14(12,13)4-9/h2-3H,4H2,1H3,(H,10,11). The second-order valence-corrected chi connectivity index (χ2v) is 5.81. The Bertz CT molecular complexity index is 435. The van der Waals surface area contributed by atoms with Crippen LogP contribution in [0.1, 0.15) is 5.56 Å². The number of aromatic nitrogens is 1. The molecule has 0 aliphatic carbocycles. The summed E-state index contributed by atoms with van der Waals surface area (Å²) in [5.74, 6) is 0.270. The van der Waals surface area contributed by atoms with Crippen LogP contribution in [-0.4, -0.2) is 18.6 Å². The molecule has 0 aliphatic rings. The number of alkyl halides is 1. The number of nitrogens with zero attached hydrogens (tertiary/aromatic N) is 1. The third kappa shape index (κ3) is 3.11. The minimum atomic E-state index is -3.46. The minimum absolute atomic E-state index is 0.270. The normalized spacial score (nSPS) is 11.4. The average molecular weight is 300 g/mol. The lowest BCUT2D eigenvalue weighted by atomic mass is 10.3. The molecule has 1 aromatic rings. The molecule has 1 heterocycles. The van der Waals surface area contributed by atoms with Gasteiger partial charge < -0.3 is 0 Å². The van der Waals surface area contributed by atoms with Crippen molar-refractivity contribution in [1.29, 1.82) is 0 Å². The molecule has 14 heavy (non-hydrogen) atoms. The average Bonchev–Trinajstić information content (AvgIpc) is 2.11. The zero-order valence-corrected chi connectivity index (χ0v) is 10.4. The molecule has 0 atom stereocenters. The van der Waals surface area contributed by atoms with Crippen LogP contribution in [0.3, 0.4) is 0 Å². The number of sulfonamides is 1. The SMILES string of the molecule is Cc1cc(NS(=O)(=O)CCl)ncc1Br. The fraction of sp³-hybridized carbons (Fsp3) is 0.286. The largest absolute Gasteiger partial charge is 0.266 e. The van der Waals surface area contributed by atoms with Crippen molar-refractivity contribution in [3.63, 3.8) is 0 Å². The van der Waals surface area contributed by atoms with Gasteiger partial charge in [-0.25, -0.2) is 13.4 Å². The Morgan fingerprint density at radius 3 is 2.79 bits per heavy atom. The fourth-order valence-corrected chi connectivity index (χ4v) is 1.65. The van der Waals surface area contributed by atoms with E-state index in [1.54, 1.807) is 6.07 Å². The third-order valence-electron chi connectivity index (χ3n) is 1.45. The highest BCUT2D eigenvalue weighted by atomic mass is 79.9. The molecule has 0 fully saturated rings. The van der Waals surface area contributed by atoms with Gasteiger partial charge in [-0.15, -0.1) is 11.6 Å². The van der Waals surface area contributed by atoms with Gasteiger partial charge in [-0.05, 0) is 34.5 Å². The highest BCUT2D eigenvalue weighted by Crippen LogP contribution is 2.17. The number of hydrogen-bond acceptors (Lipinski definition) is 3. The van der Waals surface area contributed by atoms with Crippen LogP contribution in [0.2, 0.25) is 0 Å². The first-order valence-corrected chi connectivity index (χ1v) is 6.61. The smallest absolute Gasteiger partial charge is 0.247 e. The number of hydrogen-bond donors (Lipinski definition) is 1. The number of aryl methyl sites for hydroxylation is 1. The molecule has 1 N–H and O–H groups in total. The predicted molar refractivity (Wildman–Crippen MR) is 59.9 cm³/mol. The van der Waals surface area contributed by atoms with Crippen LogP contribution in [0.25, 0.3) is 0 Å². The van der Waals surface area contributed by atoms with E-state index in [0.717, 1.165) is 10.0 Å². The predicted octanol–water partition coefficient (Wildman–Crippen LogP) is 2.09. The molecule has 0 spiro atoms. The summed E-state index contributed by atoms with van der Waals surface area (Å²) >= 11 is 8.49. The molecule has 0 radical (unpaired) electrons. The summed E-state index contributed by atoms with van der Waals surface area (Å²) in [6.45, 7) is 1.84. The van der Waals surface area contributed by atoms with Gasteiger partial charge in [0.2, 0.25) is 10.0 Å². The number of halogens is 2. The van der Waals surface area contributed by atoms with Gasteiger partial charge in [0.15, 0.2) is 0 Å². The molecule has 78 valence electrons. The Labute approximate surface area is 95.9 Å². The van der Waals surface area contributed by atoms with Crippen LogP contribution in [0.5, 0.6) is 0 Å². The van der Waals surface area contributed by atoms with Gasteiger partial charge >= 0.3 is 0 Å². The molecule has 0 aromatic carbocycles. The van der Waals surface area contributed by atoms with E-state index < -0.39 is 15.2 Å². The van der Waals surface area contributed by atoms with Crippen molar-refractivity contribution in [3.05, 3.63) is 22.3 Å². The molecule has 0 unspecified atom stereocenters. The van der Waals surface area contributed by atoms with E-state index in [1.807, 2.05) is 6.92 Å². The maximum Gasteiger partial charge on any atom is 0.247 e. The summed E-state index contributed by atoms with van der Waals surface area (Å²) in [6, 6.07) is 1.62. The van der Waals surface area contributed by atoms with E-state index in [1.165, 1.54) is 6.20 Å². The van der Waals surface area contributed by atoms with E-state index in [9.17, 15) is 8.42 Å². The molecular formula is C7H8BrClN2O2S. The maximum atomic E-state index is 11.1.